The third-order valence-electron chi connectivity index (χ3n) is 3.65. The molecule has 5 heteroatoms. The van der Waals surface area contributed by atoms with Gasteiger partial charge in [0, 0.05) is 5.69 Å². The van der Waals surface area contributed by atoms with E-state index in [0.29, 0.717) is 11.3 Å². The zero-order valence-corrected chi connectivity index (χ0v) is 15.1. The summed E-state index contributed by atoms with van der Waals surface area (Å²) >= 11 is 0. The van der Waals surface area contributed by atoms with Crippen LogP contribution in [0.4, 0.5) is 16.2 Å². The Morgan fingerprint density at radius 2 is 1.48 bits per heavy atom. The predicted molar refractivity (Wildman–Crippen MR) is 100 cm³/mol. The summed E-state index contributed by atoms with van der Waals surface area (Å²) < 4.78 is 5.02. The van der Waals surface area contributed by atoms with Gasteiger partial charge in [-0.3, -0.25) is 0 Å². The highest BCUT2D eigenvalue weighted by molar-refractivity contribution is 6.05. The Morgan fingerprint density at radius 1 is 0.920 bits per heavy atom. The molecule has 2 aromatic rings. The number of rotatable bonds is 4. The lowest BCUT2D eigenvalue weighted by molar-refractivity contribution is 0.0527. The minimum absolute atomic E-state index is 0.104. The van der Waals surface area contributed by atoms with Crippen molar-refractivity contribution in [1.29, 1.82) is 0 Å². The summed E-state index contributed by atoms with van der Waals surface area (Å²) in [6.45, 7) is 8.27. The fourth-order valence-corrected chi connectivity index (χ4v) is 2.50. The largest absolute Gasteiger partial charge is 0.462 e. The highest BCUT2D eigenvalue weighted by Gasteiger charge is 2.19. The van der Waals surface area contributed by atoms with Crippen LogP contribution < -0.4 is 10.6 Å². The lowest BCUT2D eigenvalue weighted by Gasteiger charge is -2.23. The summed E-state index contributed by atoms with van der Waals surface area (Å²) in [7, 11) is 0. The van der Waals surface area contributed by atoms with Crippen LogP contribution in [0.1, 0.15) is 43.6 Å². The molecule has 0 unspecified atom stereocenters. The van der Waals surface area contributed by atoms with Crippen LogP contribution in [0.15, 0.2) is 48.5 Å². The molecule has 2 aromatic carbocycles. The highest BCUT2D eigenvalue weighted by Crippen LogP contribution is 2.29. The number of urea groups is 1. The number of benzene rings is 2. The van der Waals surface area contributed by atoms with E-state index < -0.39 is 12.0 Å². The number of ether oxygens (including phenoxy) is 1. The molecule has 132 valence electrons. The van der Waals surface area contributed by atoms with E-state index in [1.165, 1.54) is 0 Å². The summed E-state index contributed by atoms with van der Waals surface area (Å²) in [6.07, 6.45) is 0. The van der Waals surface area contributed by atoms with Crippen LogP contribution in [0.2, 0.25) is 0 Å². The van der Waals surface area contributed by atoms with Crippen LogP contribution in [0.25, 0.3) is 0 Å². The molecule has 0 saturated carbocycles. The van der Waals surface area contributed by atoms with Crippen molar-refractivity contribution in [1.82, 2.24) is 0 Å². The second-order valence-corrected chi connectivity index (χ2v) is 6.64. The molecule has 25 heavy (non-hydrogen) atoms. The molecule has 0 heterocycles. The fraction of sp³-hybridized carbons (Fsp3) is 0.300. The van der Waals surface area contributed by atoms with E-state index in [-0.39, 0.29) is 12.0 Å². The number of amides is 2. The fourth-order valence-electron chi connectivity index (χ4n) is 2.50. The van der Waals surface area contributed by atoms with E-state index in [4.69, 9.17) is 4.74 Å². The van der Waals surface area contributed by atoms with Gasteiger partial charge in [0.2, 0.25) is 0 Å². The van der Waals surface area contributed by atoms with Gasteiger partial charge in [-0.05, 0) is 36.1 Å². The Balaban J connectivity index is 2.19. The number of carbonyl (C=O) groups excluding carboxylic acids is 2. The van der Waals surface area contributed by atoms with Crippen LogP contribution in [-0.2, 0) is 10.2 Å². The quantitative estimate of drug-likeness (QED) is 0.785. The van der Waals surface area contributed by atoms with Gasteiger partial charge in [0.25, 0.3) is 0 Å². The maximum Gasteiger partial charge on any atom is 0.340 e. The number of hydrogen-bond donors (Lipinski definition) is 2. The lowest BCUT2D eigenvalue weighted by atomic mass is 9.86. The summed E-state index contributed by atoms with van der Waals surface area (Å²) in [5.74, 6) is -0.464. The van der Waals surface area contributed by atoms with Crippen molar-refractivity contribution in [2.24, 2.45) is 0 Å². The summed E-state index contributed by atoms with van der Waals surface area (Å²) in [5, 5.41) is 5.59. The average molecular weight is 340 g/mol. The molecule has 2 rings (SSSR count). The van der Waals surface area contributed by atoms with Crippen molar-refractivity contribution in [2.75, 3.05) is 17.2 Å². The number of hydrogen-bond acceptors (Lipinski definition) is 3. The maximum absolute atomic E-state index is 12.4. The number of esters is 1. The molecule has 0 fully saturated rings. The molecule has 0 aliphatic rings. The first kappa shape index (κ1) is 18.5. The van der Waals surface area contributed by atoms with Crippen LogP contribution in [0.3, 0.4) is 0 Å². The Labute approximate surface area is 148 Å². The third kappa shape index (κ3) is 4.83. The zero-order valence-electron chi connectivity index (χ0n) is 15.1. The van der Waals surface area contributed by atoms with Gasteiger partial charge in [-0.1, -0.05) is 51.1 Å². The molecule has 2 amide bonds. The Morgan fingerprint density at radius 3 is 2.12 bits per heavy atom. The SMILES string of the molecule is CCOC(=O)c1ccccc1NC(=O)Nc1ccccc1C(C)(C)C. The van der Waals surface area contributed by atoms with Gasteiger partial charge in [-0.15, -0.1) is 0 Å². The Kier molecular flexibility index (Phi) is 5.80. The van der Waals surface area contributed by atoms with Crippen molar-refractivity contribution < 1.29 is 14.3 Å². The minimum atomic E-state index is -0.464. The lowest BCUT2D eigenvalue weighted by Crippen LogP contribution is -2.24. The van der Waals surface area contributed by atoms with Gasteiger partial charge in [-0.25, -0.2) is 9.59 Å². The summed E-state index contributed by atoms with van der Waals surface area (Å²) in [6, 6.07) is 14.0. The van der Waals surface area contributed by atoms with Gasteiger partial charge in [0.15, 0.2) is 0 Å². The predicted octanol–water partition coefficient (Wildman–Crippen LogP) is 4.80. The number of anilines is 2. The molecule has 0 atom stereocenters. The third-order valence-corrected chi connectivity index (χ3v) is 3.65. The van der Waals surface area contributed by atoms with Gasteiger partial charge in [0.05, 0.1) is 17.9 Å². The van der Waals surface area contributed by atoms with E-state index in [1.54, 1.807) is 31.2 Å². The normalized spacial score (nSPS) is 10.9. The Bertz CT molecular complexity index is 764. The first-order valence-corrected chi connectivity index (χ1v) is 8.26. The number of carbonyl (C=O) groups is 2. The first-order valence-electron chi connectivity index (χ1n) is 8.26. The number of para-hydroxylation sites is 2. The summed E-state index contributed by atoms with van der Waals surface area (Å²) in [5.41, 5.74) is 2.40. The molecular weight excluding hydrogens is 316 g/mol. The van der Waals surface area contributed by atoms with Crippen LogP contribution in [0, 0.1) is 0 Å². The second kappa shape index (κ2) is 7.83. The highest BCUT2D eigenvalue weighted by atomic mass is 16.5. The Hall–Kier alpha value is -2.82. The smallest absolute Gasteiger partial charge is 0.340 e. The topological polar surface area (TPSA) is 67.4 Å². The molecular formula is C20H24N2O3. The molecule has 0 aliphatic carbocycles. The molecule has 0 aromatic heterocycles. The van der Waals surface area contributed by atoms with Crippen LogP contribution in [-0.4, -0.2) is 18.6 Å². The van der Waals surface area contributed by atoms with E-state index in [9.17, 15) is 9.59 Å². The number of nitrogens with one attached hydrogen (secondary N) is 2. The van der Waals surface area contributed by atoms with Gasteiger partial charge in [-0.2, -0.15) is 0 Å². The minimum Gasteiger partial charge on any atom is -0.462 e. The standard InChI is InChI=1S/C20H24N2O3/c1-5-25-18(23)14-10-6-8-12-16(14)21-19(24)22-17-13-9-7-11-15(17)20(2,3)4/h6-13H,5H2,1-4H3,(H2,21,22,24). The molecule has 5 nitrogen and oxygen atoms in total. The van der Waals surface area contributed by atoms with Crippen molar-refractivity contribution in [3.63, 3.8) is 0 Å². The molecule has 0 saturated heterocycles. The van der Waals surface area contributed by atoms with Gasteiger partial charge < -0.3 is 15.4 Å². The molecule has 0 radical (unpaired) electrons. The molecule has 0 spiro atoms. The monoisotopic (exact) mass is 340 g/mol. The van der Waals surface area contributed by atoms with Crippen molar-refractivity contribution in [3.8, 4) is 0 Å². The van der Waals surface area contributed by atoms with Crippen LogP contribution >= 0.6 is 0 Å². The van der Waals surface area contributed by atoms with E-state index in [0.717, 1.165) is 11.3 Å². The molecule has 0 aliphatic heterocycles. The van der Waals surface area contributed by atoms with Crippen molar-refractivity contribution in [3.05, 3.63) is 59.7 Å². The van der Waals surface area contributed by atoms with Crippen molar-refractivity contribution in [2.45, 2.75) is 33.1 Å². The summed E-state index contributed by atoms with van der Waals surface area (Å²) in [4.78, 5) is 24.4. The van der Waals surface area contributed by atoms with E-state index in [1.807, 2.05) is 24.3 Å². The van der Waals surface area contributed by atoms with Crippen molar-refractivity contribution >= 4 is 23.4 Å². The molecule has 0 bridgehead atoms. The van der Waals surface area contributed by atoms with Crippen LogP contribution in [0.5, 0.6) is 0 Å². The van der Waals surface area contributed by atoms with E-state index in [2.05, 4.69) is 31.4 Å². The average Bonchev–Trinajstić information content (AvgIpc) is 2.55. The van der Waals surface area contributed by atoms with Gasteiger partial charge >= 0.3 is 12.0 Å². The zero-order chi connectivity index (χ0) is 18.4. The maximum atomic E-state index is 12.4. The first-order chi connectivity index (χ1) is 11.8. The molecule has 2 N–H and O–H groups in total. The van der Waals surface area contributed by atoms with E-state index >= 15 is 0 Å². The van der Waals surface area contributed by atoms with Gasteiger partial charge in [0.1, 0.15) is 0 Å². The second-order valence-electron chi connectivity index (χ2n) is 6.64.